The Hall–Kier alpha value is -4.06. The smallest absolute Gasteiger partial charge is 0.257 e. The van der Waals surface area contributed by atoms with Crippen LogP contribution in [0.4, 0.5) is 21.7 Å². The zero-order valence-corrected chi connectivity index (χ0v) is 20.0. The third-order valence-corrected chi connectivity index (χ3v) is 5.56. The van der Waals surface area contributed by atoms with Crippen LogP contribution in [0.5, 0.6) is 5.88 Å². The van der Waals surface area contributed by atoms with E-state index < -0.39 is 5.82 Å². The number of halogens is 1. The molecular formula is C23H25FN8O2S. The molecule has 12 heteroatoms. The third-order valence-electron chi connectivity index (χ3n) is 5.12. The fraction of sp³-hybridized carbons (Fsp3) is 0.217. The summed E-state index contributed by atoms with van der Waals surface area (Å²) in [6.45, 7) is 2.34. The van der Waals surface area contributed by atoms with Crippen molar-refractivity contribution in [3.05, 3.63) is 59.7 Å². The molecular weight excluding hydrogens is 471 g/mol. The van der Waals surface area contributed by atoms with E-state index in [2.05, 4.69) is 20.7 Å². The van der Waals surface area contributed by atoms with Gasteiger partial charge in [-0.2, -0.15) is 9.61 Å². The number of nitrogens with zero attached hydrogens (tertiary/aromatic N) is 4. The number of hydrogen-bond acceptors (Lipinski definition) is 9. The minimum absolute atomic E-state index is 0.146. The van der Waals surface area contributed by atoms with Gasteiger partial charge in [0, 0.05) is 17.8 Å². The lowest BCUT2D eigenvalue weighted by Gasteiger charge is -2.16. The van der Waals surface area contributed by atoms with Crippen molar-refractivity contribution in [2.24, 2.45) is 0 Å². The number of amides is 1. The summed E-state index contributed by atoms with van der Waals surface area (Å²) in [6, 6.07) is 8.46. The summed E-state index contributed by atoms with van der Waals surface area (Å²) in [6.07, 6.45) is 4.41. The first-order chi connectivity index (χ1) is 16.9. The monoisotopic (exact) mass is 496 g/mol. The number of rotatable bonds is 9. The van der Waals surface area contributed by atoms with E-state index in [1.807, 2.05) is 25.3 Å². The lowest BCUT2D eigenvalue weighted by Crippen LogP contribution is -2.22. The Morgan fingerprint density at radius 3 is 2.71 bits per heavy atom. The number of benzene rings is 1. The van der Waals surface area contributed by atoms with Gasteiger partial charge in [0.1, 0.15) is 23.0 Å². The summed E-state index contributed by atoms with van der Waals surface area (Å²) in [5, 5.41) is 10.3. The van der Waals surface area contributed by atoms with Crippen molar-refractivity contribution in [2.75, 3.05) is 35.5 Å². The van der Waals surface area contributed by atoms with Crippen LogP contribution >= 0.6 is 11.8 Å². The van der Waals surface area contributed by atoms with Crippen LogP contribution in [-0.4, -0.2) is 44.2 Å². The molecule has 4 aromatic rings. The van der Waals surface area contributed by atoms with Crippen molar-refractivity contribution in [3.8, 4) is 17.0 Å². The molecule has 0 spiro atoms. The Morgan fingerprint density at radius 1 is 1.23 bits per heavy atom. The average Bonchev–Trinajstić information content (AvgIpc) is 3.28. The normalized spacial score (nSPS) is 10.9. The summed E-state index contributed by atoms with van der Waals surface area (Å²) in [5.41, 5.74) is 15.3. The van der Waals surface area contributed by atoms with E-state index in [-0.39, 0.29) is 29.5 Å². The van der Waals surface area contributed by atoms with Crippen molar-refractivity contribution in [3.63, 3.8) is 0 Å². The molecule has 0 saturated heterocycles. The largest absolute Gasteiger partial charge is 0.478 e. The average molecular weight is 497 g/mol. The Kier molecular flexibility index (Phi) is 7.20. The molecule has 0 unspecified atom stereocenters. The van der Waals surface area contributed by atoms with E-state index in [9.17, 15) is 9.18 Å². The maximum absolute atomic E-state index is 13.9. The highest BCUT2D eigenvalue weighted by Crippen LogP contribution is 2.34. The van der Waals surface area contributed by atoms with Gasteiger partial charge in [-0.05, 0) is 36.9 Å². The summed E-state index contributed by atoms with van der Waals surface area (Å²) in [5.74, 6) is 0.592. The lowest BCUT2D eigenvalue weighted by atomic mass is 10.1. The fourth-order valence-electron chi connectivity index (χ4n) is 3.51. The van der Waals surface area contributed by atoms with Crippen LogP contribution in [0.25, 0.3) is 16.8 Å². The van der Waals surface area contributed by atoms with Gasteiger partial charge in [0.25, 0.3) is 5.91 Å². The van der Waals surface area contributed by atoms with Gasteiger partial charge in [0.2, 0.25) is 5.88 Å². The molecule has 182 valence electrons. The van der Waals surface area contributed by atoms with Crippen molar-refractivity contribution < 1.29 is 13.9 Å². The lowest BCUT2D eigenvalue weighted by molar-refractivity contribution is 0.0962. The van der Waals surface area contributed by atoms with Crippen LogP contribution in [0, 0.1) is 5.82 Å². The molecule has 6 N–H and O–H groups in total. The van der Waals surface area contributed by atoms with Gasteiger partial charge < -0.3 is 26.8 Å². The summed E-state index contributed by atoms with van der Waals surface area (Å²) in [4.78, 5) is 21.4. The van der Waals surface area contributed by atoms with E-state index in [1.165, 1.54) is 28.5 Å². The van der Waals surface area contributed by atoms with Gasteiger partial charge in [0.05, 0.1) is 30.4 Å². The maximum Gasteiger partial charge on any atom is 0.257 e. The van der Waals surface area contributed by atoms with E-state index >= 15 is 0 Å². The first-order valence-electron chi connectivity index (χ1n) is 10.7. The first kappa shape index (κ1) is 24.1. The number of aromatic nitrogens is 4. The molecule has 0 atom stereocenters. The van der Waals surface area contributed by atoms with E-state index in [0.29, 0.717) is 41.0 Å². The quantitative estimate of drug-likeness (QED) is 0.203. The molecule has 35 heavy (non-hydrogen) atoms. The predicted octanol–water partition coefficient (Wildman–Crippen LogP) is 3.16. The molecule has 10 nitrogen and oxygen atoms in total. The van der Waals surface area contributed by atoms with E-state index in [1.54, 1.807) is 12.1 Å². The Balaban J connectivity index is 1.81. The summed E-state index contributed by atoms with van der Waals surface area (Å²) < 4.78 is 20.9. The van der Waals surface area contributed by atoms with Crippen LogP contribution in [0.3, 0.4) is 0 Å². The molecule has 0 radical (unpaired) electrons. The molecule has 4 rings (SSSR count). The van der Waals surface area contributed by atoms with Crippen molar-refractivity contribution in [2.45, 2.75) is 13.5 Å². The predicted molar refractivity (Wildman–Crippen MR) is 136 cm³/mol. The number of nitrogens with one attached hydrogen (secondary N) is 2. The highest BCUT2D eigenvalue weighted by atomic mass is 32.2. The zero-order valence-electron chi connectivity index (χ0n) is 19.2. The number of carbonyl (C=O) groups excluding carboxylic acids is 1. The van der Waals surface area contributed by atoms with Gasteiger partial charge in [-0.3, -0.25) is 4.79 Å². The third kappa shape index (κ3) is 5.06. The molecule has 1 amide bonds. The maximum atomic E-state index is 13.9. The molecule has 3 heterocycles. The topological polar surface area (TPSA) is 145 Å². The number of carbonyl (C=O) groups is 1. The van der Waals surface area contributed by atoms with Crippen LogP contribution < -0.4 is 26.8 Å². The second kappa shape index (κ2) is 10.5. The van der Waals surface area contributed by atoms with E-state index in [0.717, 1.165) is 11.8 Å². The van der Waals surface area contributed by atoms with Crippen molar-refractivity contribution in [1.82, 2.24) is 24.9 Å². The second-order valence-electron chi connectivity index (χ2n) is 7.48. The minimum atomic E-state index is -0.490. The number of pyridine rings is 1. The van der Waals surface area contributed by atoms with Crippen LogP contribution in [0.1, 0.15) is 22.8 Å². The molecule has 0 aliphatic carbocycles. The fourth-order valence-corrected chi connectivity index (χ4v) is 3.79. The number of anilines is 3. The summed E-state index contributed by atoms with van der Waals surface area (Å²) >= 11 is 1.48. The number of nitrogens with two attached hydrogens (primary N) is 2. The number of thioether (sulfide) groups is 1. The van der Waals surface area contributed by atoms with Gasteiger partial charge in [-0.25, -0.2) is 14.4 Å². The SMILES string of the molecule is CCOc1ncc(F)cc1CNc1nc2c(C(=O)NCSC)cnn2c(N)c1-c1ccc(N)cc1. The number of nitrogen functional groups attached to an aromatic ring is 2. The van der Waals surface area contributed by atoms with Crippen molar-refractivity contribution in [1.29, 1.82) is 0 Å². The van der Waals surface area contributed by atoms with Crippen LogP contribution in [-0.2, 0) is 6.54 Å². The number of fused-ring (bicyclic) bond motifs is 1. The molecule has 0 bridgehead atoms. The van der Waals surface area contributed by atoms with Crippen LogP contribution in [0.15, 0.2) is 42.7 Å². The highest BCUT2D eigenvalue weighted by Gasteiger charge is 2.21. The van der Waals surface area contributed by atoms with Crippen molar-refractivity contribution >= 4 is 40.6 Å². The molecule has 0 aliphatic heterocycles. The zero-order chi connectivity index (χ0) is 24.9. The second-order valence-corrected chi connectivity index (χ2v) is 8.35. The Bertz CT molecular complexity index is 1360. The molecule has 3 aromatic heterocycles. The number of ether oxygens (including phenoxy) is 1. The molecule has 0 aliphatic rings. The van der Waals surface area contributed by atoms with Crippen LogP contribution in [0.2, 0.25) is 0 Å². The highest BCUT2D eigenvalue weighted by molar-refractivity contribution is 7.98. The minimum Gasteiger partial charge on any atom is -0.478 e. The van der Waals surface area contributed by atoms with Gasteiger partial charge >= 0.3 is 0 Å². The Labute approximate surface area is 205 Å². The summed E-state index contributed by atoms with van der Waals surface area (Å²) in [7, 11) is 0. The van der Waals surface area contributed by atoms with Gasteiger partial charge in [0.15, 0.2) is 5.65 Å². The molecule has 0 fully saturated rings. The first-order valence-corrected chi connectivity index (χ1v) is 12.1. The molecule has 1 aromatic carbocycles. The van der Waals surface area contributed by atoms with E-state index in [4.69, 9.17) is 21.2 Å². The van der Waals surface area contributed by atoms with Gasteiger partial charge in [-0.15, -0.1) is 11.8 Å². The van der Waals surface area contributed by atoms with Gasteiger partial charge in [-0.1, -0.05) is 12.1 Å². The standard InChI is InChI=1S/C23H25FN8O2S/c1-3-34-23-14(8-15(24)10-28-23)9-27-20-18(13-4-6-16(25)7-5-13)19(26)32-21(31-20)17(11-30-32)22(33)29-12-35-2/h4-8,10-11H,3,9,12,25-26H2,1-2H3,(H,27,31)(H,29,33). The number of hydrogen-bond donors (Lipinski definition) is 4. The Morgan fingerprint density at radius 2 is 2.00 bits per heavy atom. The molecule has 0 saturated carbocycles.